The maximum Gasteiger partial charge on any atom is 0.305 e. The molecule has 1 atom stereocenters. The molecule has 122 valence electrons. The molecule has 0 spiro atoms. The number of aliphatic carboxylic acids is 1. The van der Waals surface area contributed by atoms with Crippen molar-refractivity contribution >= 4 is 40.1 Å². The maximum atomic E-state index is 10.9. The van der Waals surface area contributed by atoms with Gasteiger partial charge in [-0.1, -0.05) is 41.4 Å². The van der Waals surface area contributed by atoms with E-state index in [9.17, 15) is 4.79 Å². The topological polar surface area (TPSA) is 89.1 Å². The molecule has 1 heterocycles. The van der Waals surface area contributed by atoms with Gasteiger partial charge in [-0.2, -0.15) is 0 Å². The Labute approximate surface area is 148 Å². The Morgan fingerprint density at radius 2 is 1.92 bits per heavy atom. The summed E-state index contributed by atoms with van der Waals surface area (Å²) in [6, 6.07) is 11.6. The first-order valence-corrected chi connectivity index (χ1v) is 7.91. The van der Waals surface area contributed by atoms with Crippen LogP contribution in [0, 0.1) is 0 Å². The van der Waals surface area contributed by atoms with Gasteiger partial charge in [-0.3, -0.25) is 4.79 Å². The predicted molar refractivity (Wildman–Crippen MR) is 94.2 cm³/mol. The van der Waals surface area contributed by atoms with E-state index in [0.717, 1.165) is 5.39 Å². The molecule has 0 aliphatic carbocycles. The summed E-state index contributed by atoms with van der Waals surface area (Å²) in [6.07, 6.45) is -0.263. The van der Waals surface area contributed by atoms with Crippen LogP contribution in [0.25, 0.3) is 22.2 Å². The summed E-state index contributed by atoms with van der Waals surface area (Å²) in [5, 5.41) is 10.7. The lowest BCUT2D eigenvalue weighted by Crippen LogP contribution is -2.18. The average molecular weight is 362 g/mol. The van der Waals surface area contributed by atoms with Crippen molar-refractivity contribution in [2.24, 2.45) is 5.73 Å². The van der Waals surface area contributed by atoms with Crippen LogP contribution in [0.3, 0.4) is 0 Å². The number of benzene rings is 2. The molecule has 5 nitrogen and oxygen atoms in total. The van der Waals surface area contributed by atoms with Gasteiger partial charge in [-0.25, -0.2) is 9.97 Å². The van der Waals surface area contributed by atoms with E-state index in [1.54, 1.807) is 24.3 Å². The van der Waals surface area contributed by atoms with Gasteiger partial charge in [-0.15, -0.1) is 0 Å². The highest BCUT2D eigenvalue weighted by Crippen LogP contribution is 2.33. The highest BCUT2D eigenvalue weighted by atomic mass is 35.5. The minimum atomic E-state index is -1.01. The van der Waals surface area contributed by atoms with E-state index in [1.165, 1.54) is 0 Å². The number of nitrogens with zero attached hydrogens (tertiary/aromatic N) is 2. The van der Waals surface area contributed by atoms with Crippen LogP contribution in [0.4, 0.5) is 0 Å². The van der Waals surface area contributed by atoms with Crippen LogP contribution in [0.2, 0.25) is 10.0 Å². The number of carboxylic acids is 1. The zero-order chi connectivity index (χ0) is 17.3. The zero-order valence-corrected chi connectivity index (χ0v) is 13.9. The SMILES string of the molecule is NC(CC(=O)O)c1nc(-c2ccccc2Cl)c2cc(Cl)ccc2n1. The number of aromatic nitrogens is 2. The van der Waals surface area contributed by atoms with E-state index < -0.39 is 12.0 Å². The van der Waals surface area contributed by atoms with Gasteiger partial charge < -0.3 is 10.8 Å². The van der Waals surface area contributed by atoms with Crippen molar-refractivity contribution in [1.29, 1.82) is 0 Å². The zero-order valence-electron chi connectivity index (χ0n) is 12.4. The van der Waals surface area contributed by atoms with Crippen molar-refractivity contribution in [3.05, 3.63) is 58.3 Å². The first-order chi connectivity index (χ1) is 11.5. The molecule has 0 saturated carbocycles. The third kappa shape index (κ3) is 3.33. The molecule has 0 radical (unpaired) electrons. The predicted octanol–water partition coefficient (Wildman–Crippen LogP) is 4.08. The molecule has 2 aromatic carbocycles. The van der Waals surface area contributed by atoms with Crippen LogP contribution in [0.5, 0.6) is 0 Å². The van der Waals surface area contributed by atoms with Gasteiger partial charge in [0.1, 0.15) is 5.82 Å². The second-order valence-electron chi connectivity index (χ2n) is 5.28. The molecule has 1 unspecified atom stereocenters. The molecule has 0 bridgehead atoms. The van der Waals surface area contributed by atoms with Crippen molar-refractivity contribution in [1.82, 2.24) is 9.97 Å². The average Bonchev–Trinajstić information content (AvgIpc) is 2.54. The molecule has 0 saturated heterocycles. The van der Waals surface area contributed by atoms with Crippen LogP contribution in [-0.2, 0) is 4.79 Å². The third-order valence-electron chi connectivity index (χ3n) is 3.53. The highest BCUT2D eigenvalue weighted by Gasteiger charge is 2.18. The fourth-order valence-corrected chi connectivity index (χ4v) is 2.82. The molecule has 0 amide bonds. The van der Waals surface area contributed by atoms with Gasteiger partial charge in [0.2, 0.25) is 0 Å². The maximum absolute atomic E-state index is 10.9. The van der Waals surface area contributed by atoms with Crippen LogP contribution in [0.15, 0.2) is 42.5 Å². The summed E-state index contributed by atoms with van der Waals surface area (Å²) in [4.78, 5) is 19.8. The van der Waals surface area contributed by atoms with E-state index in [4.69, 9.17) is 34.0 Å². The van der Waals surface area contributed by atoms with Crippen molar-refractivity contribution in [3.63, 3.8) is 0 Å². The Bertz CT molecular complexity index is 931. The summed E-state index contributed by atoms with van der Waals surface area (Å²) in [6.45, 7) is 0. The number of carbonyl (C=O) groups is 1. The van der Waals surface area contributed by atoms with E-state index in [0.29, 0.717) is 26.8 Å². The number of nitrogens with two attached hydrogens (primary N) is 1. The number of hydrogen-bond donors (Lipinski definition) is 2. The van der Waals surface area contributed by atoms with Crippen LogP contribution in [-0.4, -0.2) is 21.0 Å². The lowest BCUT2D eigenvalue weighted by Gasteiger charge is -2.13. The molecule has 7 heteroatoms. The minimum absolute atomic E-state index is 0.252. The van der Waals surface area contributed by atoms with Crippen molar-refractivity contribution in [3.8, 4) is 11.3 Å². The van der Waals surface area contributed by atoms with Crippen molar-refractivity contribution in [2.45, 2.75) is 12.5 Å². The van der Waals surface area contributed by atoms with E-state index in [2.05, 4.69) is 9.97 Å². The number of carboxylic acid groups (broad SMARTS) is 1. The van der Waals surface area contributed by atoms with Crippen LogP contribution in [0.1, 0.15) is 18.3 Å². The Balaban J connectivity index is 2.26. The normalized spacial score (nSPS) is 12.3. The smallest absolute Gasteiger partial charge is 0.305 e. The van der Waals surface area contributed by atoms with Gasteiger partial charge in [0, 0.05) is 21.0 Å². The molecular weight excluding hydrogens is 349 g/mol. The first kappa shape index (κ1) is 16.6. The minimum Gasteiger partial charge on any atom is -0.481 e. The Kier molecular flexibility index (Phi) is 4.66. The standard InChI is InChI=1S/C17H13Cl2N3O2/c18-9-5-6-14-11(7-9)16(10-3-1-2-4-12(10)19)22-17(21-14)13(20)8-15(23)24/h1-7,13H,8,20H2,(H,23,24). The highest BCUT2D eigenvalue weighted by molar-refractivity contribution is 6.34. The lowest BCUT2D eigenvalue weighted by molar-refractivity contribution is -0.137. The molecular formula is C17H13Cl2N3O2. The number of fused-ring (bicyclic) bond motifs is 1. The van der Waals surface area contributed by atoms with Crippen LogP contribution < -0.4 is 5.73 Å². The fourth-order valence-electron chi connectivity index (χ4n) is 2.42. The summed E-state index contributed by atoms with van der Waals surface area (Å²) in [5.74, 6) is -0.760. The number of rotatable bonds is 4. The number of hydrogen-bond acceptors (Lipinski definition) is 4. The second-order valence-corrected chi connectivity index (χ2v) is 6.12. The van der Waals surface area contributed by atoms with Gasteiger partial charge >= 0.3 is 5.97 Å². The quantitative estimate of drug-likeness (QED) is 0.730. The summed E-state index contributed by atoms with van der Waals surface area (Å²) in [7, 11) is 0. The largest absolute Gasteiger partial charge is 0.481 e. The first-order valence-electron chi connectivity index (χ1n) is 7.15. The molecule has 0 aliphatic rings. The van der Waals surface area contributed by atoms with Gasteiger partial charge in [0.05, 0.1) is 23.7 Å². The molecule has 3 rings (SSSR count). The number of halogens is 2. The van der Waals surface area contributed by atoms with Gasteiger partial charge in [-0.05, 0) is 24.3 Å². The summed E-state index contributed by atoms with van der Waals surface area (Å²) in [5.41, 5.74) is 7.84. The van der Waals surface area contributed by atoms with Gasteiger partial charge in [0.25, 0.3) is 0 Å². The molecule has 24 heavy (non-hydrogen) atoms. The van der Waals surface area contributed by atoms with E-state index >= 15 is 0 Å². The molecule has 0 fully saturated rings. The third-order valence-corrected chi connectivity index (χ3v) is 4.09. The molecule has 1 aromatic heterocycles. The Morgan fingerprint density at radius 1 is 1.17 bits per heavy atom. The van der Waals surface area contributed by atoms with E-state index in [-0.39, 0.29) is 12.2 Å². The Morgan fingerprint density at radius 3 is 2.62 bits per heavy atom. The van der Waals surface area contributed by atoms with E-state index in [1.807, 2.05) is 18.2 Å². The Hall–Kier alpha value is -2.21. The van der Waals surface area contributed by atoms with Crippen molar-refractivity contribution < 1.29 is 9.90 Å². The molecule has 0 aliphatic heterocycles. The summed E-state index contributed by atoms with van der Waals surface area (Å²) >= 11 is 12.4. The fraction of sp³-hybridized carbons (Fsp3) is 0.118. The van der Waals surface area contributed by atoms with Crippen molar-refractivity contribution in [2.75, 3.05) is 0 Å². The molecule has 3 N–H and O–H groups in total. The monoisotopic (exact) mass is 361 g/mol. The lowest BCUT2D eigenvalue weighted by atomic mass is 10.1. The van der Waals surface area contributed by atoms with Gasteiger partial charge in [0.15, 0.2) is 0 Å². The summed E-state index contributed by atoms with van der Waals surface area (Å²) < 4.78 is 0. The van der Waals surface area contributed by atoms with Crippen LogP contribution >= 0.6 is 23.2 Å². The molecule has 3 aromatic rings. The second kappa shape index (κ2) is 6.73.